The Morgan fingerprint density at radius 3 is 3.00 bits per heavy atom. The highest BCUT2D eigenvalue weighted by atomic mass is 32.2. The zero-order chi connectivity index (χ0) is 13.0. The maximum absolute atomic E-state index is 12.2. The minimum atomic E-state index is -3.48. The van der Waals surface area contributed by atoms with E-state index in [9.17, 15) is 8.42 Å². The number of hydrogen-bond donors (Lipinski definition) is 2. The predicted molar refractivity (Wildman–Crippen MR) is 67.9 cm³/mol. The smallest absolute Gasteiger partial charge is 0.280 e. The van der Waals surface area contributed by atoms with Gasteiger partial charge < -0.3 is 10.2 Å². The summed E-state index contributed by atoms with van der Waals surface area (Å²) in [6, 6.07) is 3.37. The summed E-state index contributed by atoms with van der Waals surface area (Å²) in [4.78, 5) is 0. The van der Waals surface area contributed by atoms with Crippen molar-refractivity contribution in [3.8, 4) is 0 Å². The Hall–Kier alpha value is -0.890. The van der Waals surface area contributed by atoms with E-state index in [0.717, 1.165) is 19.3 Å². The van der Waals surface area contributed by atoms with Crippen molar-refractivity contribution >= 4 is 10.2 Å². The summed E-state index contributed by atoms with van der Waals surface area (Å²) < 4.78 is 33.5. The van der Waals surface area contributed by atoms with Crippen LogP contribution < -0.4 is 10.5 Å². The van der Waals surface area contributed by atoms with Gasteiger partial charge in [-0.05, 0) is 25.0 Å². The number of hydrogen-bond acceptors (Lipinski definition) is 4. The summed E-state index contributed by atoms with van der Waals surface area (Å²) in [5.74, 6) is 0.597. The molecule has 1 fully saturated rings. The maximum atomic E-state index is 12.2. The monoisotopic (exact) mass is 273 g/mol. The molecule has 1 aliphatic rings. The first-order valence-electron chi connectivity index (χ1n) is 6.12. The first-order chi connectivity index (χ1) is 8.63. The summed E-state index contributed by atoms with van der Waals surface area (Å²) in [5, 5.41) is 0. The van der Waals surface area contributed by atoms with E-state index in [4.69, 9.17) is 10.2 Å². The van der Waals surface area contributed by atoms with E-state index >= 15 is 0 Å². The first-order valence-corrected chi connectivity index (χ1v) is 7.56. The number of nitrogens with two attached hydrogens (primary N) is 1. The van der Waals surface area contributed by atoms with Crippen molar-refractivity contribution in [2.75, 3.05) is 13.1 Å². The fourth-order valence-corrected chi connectivity index (χ4v) is 3.63. The molecule has 1 aliphatic heterocycles. The number of nitrogens with one attached hydrogen (secondary N) is 1. The van der Waals surface area contributed by atoms with E-state index in [1.807, 2.05) is 0 Å². The molecule has 1 unspecified atom stereocenters. The molecule has 0 bridgehead atoms. The number of nitrogens with zero attached hydrogens (tertiary/aromatic N) is 1. The van der Waals surface area contributed by atoms with Crippen LogP contribution in [0.5, 0.6) is 0 Å². The van der Waals surface area contributed by atoms with Gasteiger partial charge in [-0.25, -0.2) is 0 Å². The molecule has 0 saturated carbocycles. The van der Waals surface area contributed by atoms with Gasteiger partial charge in [-0.1, -0.05) is 6.42 Å². The Kier molecular flexibility index (Phi) is 4.39. The lowest BCUT2D eigenvalue weighted by Crippen LogP contribution is -2.51. The minimum absolute atomic E-state index is 0.0900. The highest BCUT2D eigenvalue weighted by Gasteiger charge is 2.31. The van der Waals surface area contributed by atoms with Crippen molar-refractivity contribution in [1.82, 2.24) is 9.03 Å². The minimum Gasteiger partial charge on any atom is -0.468 e. The molecule has 1 aromatic rings. The molecule has 102 valence electrons. The first kappa shape index (κ1) is 13.5. The van der Waals surface area contributed by atoms with Gasteiger partial charge in [0.1, 0.15) is 5.76 Å². The van der Waals surface area contributed by atoms with Crippen LogP contribution >= 0.6 is 0 Å². The van der Waals surface area contributed by atoms with Gasteiger partial charge in [-0.2, -0.15) is 17.4 Å². The summed E-state index contributed by atoms with van der Waals surface area (Å²) in [6.45, 7) is 1.07. The van der Waals surface area contributed by atoms with Crippen LogP contribution in [0.3, 0.4) is 0 Å². The molecule has 0 spiro atoms. The maximum Gasteiger partial charge on any atom is 0.280 e. The van der Waals surface area contributed by atoms with Gasteiger partial charge in [-0.15, -0.1) is 0 Å². The molecule has 2 heterocycles. The predicted octanol–water partition coefficient (Wildman–Crippen LogP) is 0.427. The summed E-state index contributed by atoms with van der Waals surface area (Å²) in [5.41, 5.74) is 5.63. The van der Waals surface area contributed by atoms with Gasteiger partial charge in [-0.3, -0.25) is 0 Å². The molecule has 1 aromatic heterocycles. The zero-order valence-electron chi connectivity index (χ0n) is 10.2. The Labute approximate surface area is 107 Å². The van der Waals surface area contributed by atoms with Crippen LogP contribution in [0.25, 0.3) is 0 Å². The third-order valence-corrected chi connectivity index (χ3v) is 4.77. The molecule has 1 saturated heterocycles. The molecule has 18 heavy (non-hydrogen) atoms. The van der Waals surface area contributed by atoms with Gasteiger partial charge in [0, 0.05) is 19.1 Å². The molecule has 0 aliphatic carbocycles. The van der Waals surface area contributed by atoms with Crippen LogP contribution in [0.2, 0.25) is 0 Å². The molecular formula is C11H19N3O3S. The number of piperidine rings is 1. The van der Waals surface area contributed by atoms with E-state index in [2.05, 4.69) is 4.72 Å². The Bertz CT molecular complexity index is 458. The standard InChI is InChI=1S/C11H19N3O3S/c12-8-10-4-1-2-6-14(10)18(15,16)13-9-11-5-3-7-17-11/h3,5,7,10,13H,1-2,4,6,8-9,12H2. The van der Waals surface area contributed by atoms with E-state index < -0.39 is 10.2 Å². The van der Waals surface area contributed by atoms with Crippen LogP contribution in [0.15, 0.2) is 22.8 Å². The van der Waals surface area contributed by atoms with Crippen LogP contribution in [-0.2, 0) is 16.8 Å². The lowest BCUT2D eigenvalue weighted by atomic mass is 10.1. The highest BCUT2D eigenvalue weighted by molar-refractivity contribution is 7.87. The molecule has 2 rings (SSSR count). The van der Waals surface area contributed by atoms with Crippen LogP contribution in [-0.4, -0.2) is 31.9 Å². The number of rotatable bonds is 5. The lowest BCUT2D eigenvalue weighted by molar-refractivity contribution is 0.254. The van der Waals surface area contributed by atoms with E-state index in [1.165, 1.54) is 10.6 Å². The van der Waals surface area contributed by atoms with Crippen LogP contribution in [0.1, 0.15) is 25.0 Å². The van der Waals surface area contributed by atoms with Crippen molar-refractivity contribution in [1.29, 1.82) is 0 Å². The average Bonchev–Trinajstić information content (AvgIpc) is 2.89. The Balaban J connectivity index is 2.00. The third-order valence-electron chi connectivity index (χ3n) is 3.16. The summed E-state index contributed by atoms with van der Waals surface area (Å²) >= 11 is 0. The van der Waals surface area contributed by atoms with Gasteiger partial charge >= 0.3 is 0 Å². The lowest BCUT2D eigenvalue weighted by Gasteiger charge is -2.33. The average molecular weight is 273 g/mol. The fourth-order valence-electron chi connectivity index (χ4n) is 2.18. The van der Waals surface area contributed by atoms with Crippen LogP contribution in [0.4, 0.5) is 0 Å². The van der Waals surface area contributed by atoms with Gasteiger partial charge in [0.25, 0.3) is 10.2 Å². The molecule has 6 nitrogen and oxygen atoms in total. The van der Waals surface area contributed by atoms with Crippen molar-refractivity contribution in [2.24, 2.45) is 5.73 Å². The molecule has 1 atom stereocenters. The van der Waals surface area contributed by atoms with Crippen molar-refractivity contribution in [3.05, 3.63) is 24.2 Å². The van der Waals surface area contributed by atoms with Gasteiger partial charge in [0.15, 0.2) is 0 Å². The Morgan fingerprint density at radius 1 is 1.50 bits per heavy atom. The molecule has 0 aromatic carbocycles. The van der Waals surface area contributed by atoms with E-state index in [0.29, 0.717) is 18.8 Å². The fraction of sp³-hybridized carbons (Fsp3) is 0.636. The molecule has 7 heteroatoms. The quantitative estimate of drug-likeness (QED) is 0.814. The van der Waals surface area contributed by atoms with Crippen molar-refractivity contribution in [3.63, 3.8) is 0 Å². The largest absolute Gasteiger partial charge is 0.468 e. The number of furan rings is 1. The Morgan fingerprint density at radius 2 is 2.33 bits per heavy atom. The topological polar surface area (TPSA) is 88.6 Å². The van der Waals surface area contributed by atoms with Crippen molar-refractivity contribution in [2.45, 2.75) is 31.8 Å². The van der Waals surface area contributed by atoms with Crippen LogP contribution in [0, 0.1) is 0 Å². The molecule has 3 N–H and O–H groups in total. The normalized spacial score (nSPS) is 22.2. The summed E-state index contributed by atoms with van der Waals surface area (Å²) in [6.07, 6.45) is 4.27. The zero-order valence-corrected chi connectivity index (χ0v) is 11.0. The van der Waals surface area contributed by atoms with E-state index in [1.54, 1.807) is 12.1 Å². The summed E-state index contributed by atoms with van der Waals surface area (Å²) in [7, 11) is -3.48. The van der Waals surface area contributed by atoms with Crippen molar-refractivity contribution < 1.29 is 12.8 Å². The molecule has 0 amide bonds. The van der Waals surface area contributed by atoms with Gasteiger partial charge in [0.05, 0.1) is 12.8 Å². The highest BCUT2D eigenvalue weighted by Crippen LogP contribution is 2.19. The second-order valence-corrected chi connectivity index (χ2v) is 6.11. The van der Waals surface area contributed by atoms with E-state index in [-0.39, 0.29) is 12.6 Å². The van der Waals surface area contributed by atoms with Gasteiger partial charge in [0.2, 0.25) is 0 Å². The third kappa shape index (κ3) is 3.11. The molecular weight excluding hydrogens is 254 g/mol. The second-order valence-electron chi connectivity index (χ2n) is 4.40. The second kappa shape index (κ2) is 5.83. The molecule has 0 radical (unpaired) electrons. The SMILES string of the molecule is NCC1CCCCN1S(=O)(=O)NCc1ccco1.